The molecule has 0 spiro atoms. The minimum Gasteiger partial charge on any atom is -0.422 e. The molecule has 0 aliphatic rings. The van der Waals surface area contributed by atoms with Crippen molar-refractivity contribution in [2.75, 3.05) is 0 Å². The second-order valence-electron chi connectivity index (χ2n) is 4.20. The van der Waals surface area contributed by atoms with Crippen LogP contribution in [-0.4, -0.2) is 11.6 Å². The van der Waals surface area contributed by atoms with Gasteiger partial charge in [0, 0.05) is 9.86 Å². The summed E-state index contributed by atoms with van der Waals surface area (Å²) in [5, 5.41) is 12.9. The predicted octanol–water partition coefficient (Wildman–Crippen LogP) is 2.31. The Kier molecular flexibility index (Phi) is 4.50. The summed E-state index contributed by atoms with van der Waals surface area (Å²) in [6.45, 7) is 1.57. The van der Waals surface area contributed by atoms with Crippen molar-refractivity contribution in [3.63, 3.8) is 0 Å². The van der Waals surface area contributed by atoms with Crippen molar-refractivity contribution in [1.29, 1.82) is 5.26 Å². The lowest BCUT2D eigenvalue weighted by Crippen LogP contribution is -2.20. The molecule has 0 bridgehead atoms. The smallest absolute Gasteiger partial charge is 0.345 e. The standard InChI is InChI=1S/C14H10BrN3O3/c1-8(17-18-13(19)4-5-16)11-7-9-6-10(15)2-3-12(9)21-14(11)20/h2-3,6-7H,4H2,1H3,(H,18,19)/b17-8+. The average molecular weight is 348 g/mol. The van der Waals surface area contributed by atoms with Gasteiger partial charge in [-0.15, -0.1) is 0 Å². The van der Waals surface area contributed by atoms with Crippen molar-refractivity contribution in [3.05, 3.63) is 44.7 Å². The number of benzene rings is 1. The Morgan fingerprint density at radius 2 is 2.24 bits per heavy atom. The van der Waals surface area contributed by atoms with Crippen LogP contribution in [-0.2, 0) is 4.79 Å². The Morgan fingerprint density at radius 1 is 1.48 bits per heavy atom. The minimum absolute atomic E-state index is 0.248. The molecule has 6 nitrogen and oxygen atoms in total. The van der Waals surface area contributed by atoms with Gasteiger partial charge in [0.05, 0.1) is 17.3 Å². The Labute approximate surface area is 128 Å². The number of carbonyl (C=O) groups excluding carboxylic acids is 1. The number of nitriles is 1. The maximum atomic E-state index is 11.9. The molecule has 0 atom stereocenters. The van der Waals surface area contributed by atoms with Gasteiger partial charge < -0.3 is 4.42 Å². The first-order chi connectivity index (χ1) is 10.0. The molecule has 1 N–H and O–H groups in total. The lowest BCUT2D eigenvalue weighted by Gasteiger charge is -2.03. The van der Waals surface area contributed by atoms with Gasteiger partial charge in [0.1, 0.15) is 12.0 Å². The number of halogens is 1. The summed E-state index contributed by atoms with van der Waals surface area (Å²) < 4.78 is 6.05. The molecule has 0 saturated carbocycles. The molecule has 1 amide bonds. The van der Waals surface area contributed by atoms with Crippen LogP contribution in [0.25, 0.3) is 11.0 Å². The molecule has 0 saturated heterocycles. The first-order valence-electron chi connectivity index (χ1n) is 5.95. The van der Waals surface area contributed by atoms with E-state index in [1.807, 2.05) is 6.07 Å². The molecular formula is C14H10BrN3O3. The van der Waals surface area contributed by atoms with Crippen molar-refractivity contribution in [3.8, 4) is 6.07 Å². The van der Waals surface area contributed by atoms with Crippen molar-refractivity contribution in [1.82, 2.24) is 5.43 Å². The van der Waals surface area contributed by atoms with Gasteiger partial charge in [-0.1, -0.05) is 15.9 Å². The molecule has 2 aromatic rings. The van der Waals surface area contributed by atoms with Crippen LogP contribution in [0, 0.1) is 11.3 Å². The van der Waals surface area contributed by atoms with E-state index in [4.69, 9.17) is 9.68 Å². The molecule has 0 fully saturated rings. The molecule has 0 aliphatic carbocycles. The molecule has 7 heteroatoms. The first-order valence-corrected chi connectivity index (χ1v) is 6.74. The van der Waals surface area contributed by atoms with Crippen LogP contribution >= 0.6 is 15.9 Å². The third-order valence-corrected chi connectivity index (χ3v) is 3.17. The summed E-state index contributed by atoms with van der Waals surface area (Å²) >= 11 is 3.34. The van der Waals surface area contributed by atoms with Crippen LogP contribution in [0.5, 0.6) is 0 Å². The fourth-order valence-corrected chi connectivity index (χ4v) is 2.04. The Balaban J connectivity index is 2.39. The Morgan fingerprint density at radius 3 is 2.95 bits per heavy atom. The highest BCUT2D eigenvalue weighted by Crippen LogP contribution is 2.19. The molecule has 21 heavy (non-hydrogen) atoms. The molecule has 1 aromatic carbocycles. The van der Waals surface area contributed by atoms with Gasteiger partial charge >= 0.3 is 5.63 Å². The average Bonchev–Trinajstić information content (AvgIpc) is 2.45. The first kappa shape index (κ1) is 14.9. The van der Waals surface area contributed by atoms with E-state index in [0.29, 0.717) is 11.3 Å². The van der Waals surface area contributed by atoms with E-state index in [2.05, 4.69) is 26.5 Å². The number of hydrogen-bond donors (Lipinski definition) is 1. The summed E-state index contributed by atoms with van der Waals surface area (Å²) in [5.74, 6) is -0.537. The highest BCUT2D eigenvalue weighted by molar-refractivity contribution is 9.10. The number of amides is 1. The van der Waals surface area contributed by atoms with Gasteiger partial charge in [0.25, 0.3) is 5.91 Å². The van der Waals surface area contributed by atoms with Gasteiger partial charge in [-0.05, 0) is 31.2 Å². The van der Waals surface area contributed by atoms with Crippen molar-refractivity contribution in [2.24, 2.45) is 5.10 Å². The van der Waals surface area contributed by atoms with E-state index in [9.17, 15) is 9.59 Å². The third-order valence-electron chi connectivity index (χ3n) is 2.67. The summed E-state index contributed by atoms with van der Waals surface area (Å²) in [4.78, 5) is 23.1. The van der Waals surface area contributed by atoms with Crippen LogP contribution < -0.4 is 11.1 Å². The summed E-state index contributed by atoms with van der Waals surface area (Å²) in [5.41, 5.74) is 2.68. The van der Waals surface area contributed by atoms with E-state index >= 15 is 0 Å². The van der Waals surface area contributed by atoms with Crippen molar-refractivity contribution >= 4 is 38.5 Å². The number of nitrogens with one attached hydrogen (secondary N) is 1. The number of rotatable bonds is 3. The minimum atomic E-state index is -0.541. The SMILES string of the molecule is C/C(=N\NC(=O)CC#N)c1cc2cc(Br)ccc2oc1=O. The van der Waals surface area contributed by atoms with E-state index in [-0.39, 0.29) is 12.0 Å². The van der Waals surface area contributed by atoms with Crippen molar-refractivity contribution in [2.45, 2.75) is 13.3 Å². The molecule has 0 unspecified atom stereocenters. The number of fused-ring (bicyclic) bond motifs is 1. The van der Waals surface area contributed by atoms with Crippen LogP contribution in [0.3, 0.4) is 0 Å². The summed E-state index contributed by atoms with van der Waals surface area (Å²) in [6, 6.07) is 8.61. The molecular weight excluding hydrogens is 338 g/mol. The van der Waals surface area contributed by atoms with Crippen molar-refractivity contribution < 1.29 is 9.21 Å². The van der Waals surface area contributed by atoms with Crippen LogP contribution in [0.2, 0.25) is 0 Å². The maximum Gasteiger partial charge on any atom is 0.345 e. The molecule has 0 aliphatic heterocycles. The highest BCUT2D eigenvalue weighted by atomic mass is 79.9. The van der Waals surface area contributed by atoms with Crippen LogP contribution in [0.15, 0.2) is 43.1 Å². The lowest BCUT2D eigenvalue weighted by atomic mass is 10.1. The van der Waals surface area contributed by atoms with Gasteiger partial charge in [-0.25, -0.2) is 10.2 Å². The van der Waals surface area contributed by atoms with E-state index in [1.165, 1.54) is 0 Å². The fourth-order valence-electron chi connectivity index (χ4n) is 1.66. The zero-order valence-electron chi connectivity index (χ0n) is 11.0. The van der Waals surface area contributed by atoms with Gasteiger partial charge in [0.2, 0.25) is 0 Å². The second kappa shape index (κ2) is 6.33. The molecule has 0 radical (unpaired) electrons. The fraction of sp³-hybridized carbons (Fsp3) is 0.143. The molecule has 2 rings (SSSR count). The number of hydrazone groups is 1. The van der Waals surface area contributed by atoms with Gasteiger partial charge in [-0.2, -0.15) is 10.4 Å². The number of nitrogens with zero attached hydrogens (tertiary/aromatic N) is 2. The maximum absolute atomic E-state index is 11.9. The van der Waals surface area contributed by atoms with Crippen LogP contribution in [0.4, 0.5) is 0 Å². The second-order valence-corrected chi connectivity index (χ2v) is 5.11. The zero-order valence-corrected chi connectivity index (χ0v) is 12.6. The monoisotopic (exact) mass is 347 g/mol. The topological polar surface area (TPSA) is 95.5 Å². The van der Waals surface area contributed by atoms with E-state index in [1.54, 1.807) is 31.2 Å². The van der Waals surface area contributed by atoms with Gasteiger partial charge in [-0.3, -0.25) is 4.79 Å². The normalized spacial score (nSPS) is 11.2. The number of hydrogen-bond acceptors (Lipinski definition) is 5. The largest absolute Gasteiger partial charge is 0.422 e. The quantitative estimate of drug-likeness (QED) is 0.523. The lowest BCUT2D eigenvalue weighted by molar-refractivity contribution is -0.120. The number of carbonyl (C=O) groups is 1. The summed E-state index contributed by atoms with van der Waals surface area (Å²) in [7, 11) is 0. The summed E-state index contributed by atoms with van der Waals surface area (Å²) in [6.07, 6.45) is -0.296. The van der Waals surface area contributed by atoms with Crippen LogP contribution in [0.1, 0.15) is 18.9 Å². The Bertz CT molecular complexity index is 833. The highest BCUT2D eigenvalue weighted by Gasteiger charge is 2.09. The Hall–Kier alpha value is -2.46. The van der Waals surface area contributed by atoms with E-state index in [0.717, 1.165) is 9.86 Å². The predicted molar refractivity (Wildman–Crippen MR) is 80.8 cm³/mol. The zero-order chi connectivity index (χ0) is 15.4. The third kappa shape index (κ3) is 3.55. The molecule has 1 heterocycles. The van der Waals surface area contributed by atoms with E-state index < -0.39 is 11.5 Å². The molecule has 106 valence electrons. The molecule has 1 aromatic heterocycles. The van der Waals surface area contributed by atoms with Gasteiger partial charge in [0.15, 0.2) is 0 Å².